The molecule has 0 bridgehead atoms. The zero-order chi connectivity index (χ0) is 28.8. The van der Waals surface area contributed by atoms with Crippen molar-refractivity contribution in [2.75, 3.05) is 16.8 Å². The maximum absolute atomic E-state index is 13.9. The molecule has 208 valence electrons. The quantitative estimate of drug-likeness (QED) is 0.196. The number of carbonyl (C=O) groups is 3. The number of amides is 3. The number of carbonyl (C=O) groups excluding carboxylic acids is 3. The Labute approximate surface area is 251 Å². The Morgan fingerprint density at radius 1 is 0.976 bits per heavy atom. The number of H-pyrrole nitrogens is 1. The summed E-state index contributed by atoms with van der Waals surface area (Å²) in [6.45, 7) is -0.370. The number of halogens is 2. The average Bonchev–Trinajstić information content (AvgIpc) is 3.44. The van der Waals surface area contributed by atoms with E-state index in [9.17, 15) is 24.3 Å². The van der Waals surface area contributed by atoms with Gasteiger partial charge in [0.2, 0.25) is 11.8 Å². The second-order valence-corrected chi connectivity index (χ2v) is 12.3. The molecule has 0 spiro atoms. The van der Waals surface area contributed by atoms with Gasteiger partial charge < -0.3 is 20.1 Å². The van der Waals surface area contributed by atoms with Crippen LogP contribution in [-0.2, 0) is 14.4 Å². The molecular formula is C28H19Cl2N3O6S2. The molecule has 0 saturated carbocycles. The van der Waals surface area contributed by atoms with Crippen LogP contribution < -0.4 is 19.8 Å². The van der Waals surface area contributed by atoms with Crippen LogP contribution in [0.5, 0.6) is 11.5 Å². The third kappa shape index (κ3) is 5.21. The zero-order valence-corrected chi connectivity index (χ0v) is 23.9. The Morgan fingerprint density at radius 3 is 2.41 bits per heavy atom. The molecule has 2 aliphatic heterocycles. The third-order valence-electron chi connectivity index (χ3n) is 6.73. The van der Waals surface area contributed by atoms with E-state index < -0.39 is 34.8 Å². The van der Waals surface area contributed by atoms with Crippen molar-refractivity contribution in [3.05, 3.63) is 96.9 Å². The second-order valence-electron chi connectivity index (χ2n) is 9.30. The molecular weight excluding hydrogens is 609 g/mol. The average molecular weight is 629 g/mol. The standard InChI is InChI=1S/C28H19Cl2N3O6S2/c29-13-1-6-16(7-2-13)33-26(36)22-21(23-25(32-28(38)41-23)40-24(22)27(33)37)18-11-14(30)3-10-19(18)39-12-20(35)31-15-4-8-17(34)9-5-15/h1-11,21-22,24,34H,12H2,(H,31,35)(H,32,38)/t21-,22-,24+/m0/s1. The summed E-state index contributed by atoms with van der Waals surface area (Å²) in [6, 6.07) is 17.2. The molecule has 13 heteroatoms. The predicted octanol–water partition coefficient (Wildman–Crippen LogP) is 5.26. The van der Waals surface area contributed by atoms with Crippen LogP contribution in [0.25, 0.3) is 0 Å². The summed E-state index contributed by atoms with van der Waals surface area (Å²) in [4.78, 5) is 56.8. The lowest BCUT2D eigenvalue weighted by molar-refractivity contribution is -0.122. The number of thioether (sulfide) groups is 1. The number of aromatic amines is 1. The third-order valence-corrected chi connectivity index (χ3v) is 9.61. The fourth-order valence-electron chi connectivity index (χ4n) is 4.98. The number of ether oxygens (including phenoxy) is 1. The Morgan fingerprint density at radius 2 is 1.68 bits per heavy atom. The summed E-state index contributed by atoms with van der Waals surface area (Å²) < 4.78 is 5.93. The van der Waals surface area contributed by atoms with E-state index in [2.05, 4.69) is 10.3 Å². The minimum Gasteiger partial charge on any atom is -0.508 e. The van der Waals surface area contributed by atoms with E-state index in [1.54, 1.807) is 54.6 Å². The van der Waals surface area contributed by atoms with Crippen LogP contribution in [0.4, 0.5) is 11.4 Å². The van der Waals surface area contributed by atoms with Crippen LogP contribution in [0.3, 0.4) is 0 Å². The molecule has 0 aliphatic carbocycles. The topological polar surface area (TPSA) is 129 Å². The minimum atomic E-state index is -0.867. The molecule has 3 aromatic carbocycles. The fraction of sp³-hybridized carbons (Fsp3) is 0.143. The summed E-state index contributed by atoms with van der Waals surface area (Å²) in [5.74, 6) is -2.56. The summed E-state index contributed by atoms with van der Waals surface area (Å²) in [7, 11) is 0. The smallest absolute Gasteiger partial charge is 0.305 e. The number of phenols is 1. The molecule has 3 heterocycles. The van der Waals surface area contributed by atoms with Crippen molar-refractivity contribution in [2.45, 2.75) is 16.2 Å². The largest absolute Gasteiger partial charge is 0.508 e. The van der Waals surface area contributed by atoms with Gasteiger partial charge in [0.15, 0.2) is 6.61 Å². The van der Waals surface area contributed by atoms with Crippen LogP contribution >= 0.6 is 46.3 Å². The van der Waals surface area contributed by atoms with Gasteiger partial charge in [-0.15, -0.1) is 0 Å². The van der Waals surface area contributed by atoms with E-state index in [0.717, 1.165) is 28.0 Å². The molecule has 3 amide bonds. The number of hydrogen-bond donors (Lipinski definition) is 3. The number of aromatic nitrogens is 1. The maximum Gasteiger partial charge on any atom is 0.305 e. The van der Waals surface area contributed by atoms with E-state index in [1.807, 2.05) is 0 Å². The number of anilines is 2. The first-order valence-corrected chi connectivity index (χ1v) is 14.7. The van der Waals surface area contributed by atoms with Gasteiger partial charge in [0.25, 0.3) is 5.91 Å². The summed E-state index contributed by atoms with van der Waals surface area (Å²) in [6.07, 6.45) is 0. The minimum absolute atomic E-state index is 0.0648. The van der Waals surface area contributed by atoms with Crippen LogP contribution in [0.2, 0.25) is 10.0 Å². The number of thiazole rings is 1. The Balaban J connectivity index is 1.36. The van der Waals surface area contributed by atoms with Crippen LogP contribution in [0.15, 0.2) is 76.6 Å². The first-order valence-electron chi connectivity index (χ1n) is 12.2. The first-order chi connectivity index (χ1) is 19.7. The monoisotopic (exact) mass is 627 g/mol. The lowest BCUT2D eigenvalue weighted by Gasteiger charge is -2.31. The second kappa shape index (κ2) is 10.9. The molecule has 6 rings (SSSR count). The lowest BCUT2D eigenvalue weighted by Crippen LogP contribution is -2.32. The van der Waals surface area contributed by atoms with Crippen LogP contribution in [0, 0.1) is 5.92 Å². The molecule has 9 nitrogen and oxygen atoms in total. The highest BCUT2D eigenvalue weighted by Gasteiger charge is 2.56. The van der Waals surface area contributed by atoms with E-state index in [-0.39, 0.29) is 23.0 Å². The zero-order valence-electron chi connectivity index (χ0n) is 20.8. The maximum atomic E-state index is 13.9. The fourth-order valence-corrected chi connectivity index (χ4v) is 7.79. The lowest BCUT2D eigenvalue weighted by atomic mass is 9.82. The number of imide groups is 1. The van der Waals surface area contributed by atoms with Gasteiger partial charge in [-0.2, -0.15) is 0 Å². The number of phenolic OH excluding ortho intramolecular Hbond substituents is 1. The van der Waals surface area contributed by atoms with Crippen LogP contribution in [0.1, 0.15) is 16.4 Å². The number of benzene rings is 3. The van der Waals surface area contributed by atoms with E-state index in [4.69, 9.17) is 27.9 Å². The predicted molar refractivity (Wildman–Crippen MR) is 158 cm³/mol. The van der Waals surface area contributed by atoms with Crippen LogP contribution in [-0.4, -0.2) is 39.7 Å². The molecule has 0 radical (unpaired) electrons. The molecule has 1 saturated heterocycles. The summed E-state index contributed by atoms with van der Waals surface area (Å²) >= 11 is 14.5. The van der Waals surface area contributed by atoms with Gasteiger partial charge in [0, 0.05) is 32.1 Å². The van der Waals surface area contributed by atoms with Gasteiger partial charge >= 0.3 is 4.87 Å². The van der Waals surface area contributed by atoms with Gasteiger partial charge in [-0.1, -0.05) is 46.3 Å². The van der Waals surface area contributed by atoms with Gasteiger partial charge in [-0.3, -0.25) is 19.2 Å². The normalized spacial score (nSPS) is 19.6. The molecule has 2 aliphatic rings. The number of hydrogen-bond acceptors (Lipinski definition) is 8. The highest BCUT2D eigenvalue weighted by molar-refractivity contribution is 8.00. The van der Waals surface area contributed by atoms with Crippen molar-refractivity contribution < 1.29 is 24.2 Å². The Kier molecular flexibility index (Phi) is 7.28. The molecule has 3 N–H and O–H groups in total. The summed E-state index contributed by atoms with van der Waals surface area (Å²) in [5, 5.41) is 12.6. The molecule has 3 atom stereocenters. The molecule has 1 fully saturated rings. The van der Waals surface area contributed by atoms with Gasteiger partial charge in [0.05, 0.1) is 16.6 Å². The Bertz CT molecular complexity index is 1740. The van der Waals surface area contributed by atoms with E-state index in [0.29, 0.717) is 36.9 Å². The first kappa shape index (κ1) is 27.4. The van der Waals surface area contributed by atoms with Crippen molar-refractivity contribution in [3.63, 3.8) is 0 Å². The van der Waals surface area contributed by atoms with Gasteiger partial charge in [-0.05, 0) is 66.7 Å². The highest BCUT2D eigenvalue weighted by Crippen LogP contribution is 2.54. The molecule has 41 heavy (non-hydrogen) atoms. The number of fused-ring (bicyclic) bond motifs is 2. The molecule has 4 aromatic rings. The van der Waals surface area contributed by atoms with Gasteiger partial charge in [-0.25, -0.2) is 4.90 Å². The van der Waals surface area contributed by atoms with Gasteiger partial charge in [0.1, 0.15) is 16.7 Å². The molecule has 1 aromatic heterocycles. The van der Waals surface area contributed by atoms with E-state index in [1.165, 1.54) is 12.1 Å². The van der Waals surface area contributed by atoms with Crippen molar-refractivity contribution in [3.8, 4) is 11.5 Å². The SMILES string of the molecule is O=C(COc1ccc(Cl)cc1[C@@H]1c2sc(=O)[nH]c2S[C@H]2C(=O)N(c3ccc(Cl)cc3)C(=O)[C@@H]12)Nc1ccc(O)cc1. The van der Waals surface area contributed by atoms with Crippen molar-refractivity contribution >= 4 is 75.4 Å². The number of nitrogens with one attached hydrogen (secondary N) is 2. The summed E-state index contributed by atoms with van der Waals surface area (Å²) in [5.41, 5.74) is 1.34. The number of rotatable bonds is 6. The number of aromatic hydroxyl groups is 1. The van der Waals surface area contributed by atoms with Crippen molar-refractivity contribution in [1.29, 1.82) is 0 Å². The highest BCUT2D eigenvalue weighted by atomic mass is 35.5. The number of nitrogens with zero attached hydrogens (tertiary/aromatic N) is 1. The molecule has 0 unspecified atom stereocenters. The van der Waals surface area contributed by atoms with Crippen molar-refractivity contribution in [1.82, 2.24) is 4.98 Å². The Hall–Kier alpha value is -3.77. The van der Waals surface area contributed by atoms with Crippen molar-refractivity contribution in [2.24, 2.45) is 5.92 Å². The van der Waals surface area contributed by atoms with E-state index >= 15 is 0 Å².